The molecular weight excluding hydrogens is 408 g/mol. The maximum absolute atomic E-state index is 13.7. The molecule has 3 aromatic rings. The number of para-hydroxylation sites is 1. The molecule has 162 valence electrons. The summed E-state index contributed by atoms with van der Waals surface area (Å²) in [5.41, 5.74) is 1.83. The average molecular weight is 430 g/mol. The van der Waals surface area contributed by atoms with E-state index in [2.05, 4.69) is 0 Å². The van der Waals surface area contributed by atoms with E-state index in [1.165, 1.54) is 7.11 Å². The van der Waals surface area contributed by atoms with Gasteiger partial charge in [0.2, 0.25) is 0 Å². The molecule has 6 heteroatoms. The highest BCUT2D eigenvalue weighted by atomic mass is 16.5. The summed E-state index contributed by atoms with van der Waals surface area (Å²) in [6, 6.07) is 20.7. The molecule has 3 aromatic carbocycles. The zero-order chi connectivity index (χ0) is 22.3. The fourth-order valence-corrected chi connectivity index (χ4v) is 4.75. The highest BCUT2D eigenvalue weighted by molar-refractivity contribution is 5.99. The number of methoxy groups -OCH3 is 2. The first kappa shape index (κ1) is 20.1. The first-order valence-electron chi connectivity index (χ1n) is 10.4. The quantitative estimate of drug-likeness (QED) is 0.450. The molecule has 6 nitrogen and oxygen atoms in total. The normalized spacial score (nSPS) is 20.7. The highest BCUT2D eigenvalue weighted by Gasteiger charge is 2.54. The van der Waals surface area contributed by atoms with Crippen molar-refractivity contribution in [3.8, 4) is 17.2 Å². The van der Waals surface area contributed by atoms with Crippen molar-refractivity contribution >= 4 is 11.9 Å². The van der Waals surface area contributed by atoms with Gasteiger partial charge in [-0.25, -0.2) is 4.79 Å². The molecule has 0 bridgehead atoms. The number of ether oxygens (including phenoxy) is 4. The van der Waals surface area contributed by atoms with Gasteiger partial charge in [-0.2, -0.15) is 0 Å². The van der Waals surface area contributed by atoms with Crippen LogP contribution in [0.25, 0.3) is 0 Å². The Kier molecular flexibility index (Phi) is 4.85. The second kappa shape index (κ2) is 7.71. The highest BCUT2D eigenvalue weighted by Crippen LogP contribution is 2.54. The SMILES string of the molecule is COC(=O)CC1COc2cc3c(cc21)C(c1ccccc1)(c1ccccc1OC)C(=O)O3. The first-order chi connectivity index (χ1) is 15.6. The zero-order valence-corrected chi connectivity index (χ0v) is 17.8. The van der Waals surface area contributed by atoms with Crippen molar-refractivity contribution in [1.82, 2.24) is 0 Å². The second-order valence-corrected chi connectivity index (χ2v) is 7.88. The number of esters is 2. The van der Waals surface area contributed by atoms with Crippen LogP contribution in [0.2, 0.25) is 0 Å². The minimum Gasteiger partial charge on any atom is -0.496 e. The lowest BCUT2D eigenvalue weighted by atomic mass is 9.69. The third-order valence-electron chi connectivity index (χ3n) is 6.26. The molecular formula is C26H22O6. The molecule has 2 heterocycles. The van der Waals surface area contributed by atoms with Crippen molar-refractivity contribution in [1.29, 1.82) is 0 Å². The number of carbonyl (C=O) groups is 2. The molecule has 0 amide bonds. The smallest absolute Gasteiger partial charge is 0.331 e. The van der Waals surface area contributed by atoms with E-state index < -0.39 is 11.4 Å². The van der Waals surface area contributed by atoms with Gasteiger partial charge in [-0.1, -0.05) is 48.5 Å². The minimum absolute atomic E-state index is 0.162. The Balaban J connectivity index is 1.77. The van der Waals surface area contributed by atoms with Crippen molar-refractivity contribution < 1.29 is 28.5 Å². The Morgan fingerprint density at radius 2 is 1.75 bits per heavy atom. The summed E-state index contributed by atoms with van der Waals surface area (Å²) in [6.07, 6.45) is 0.198. The summed E-state index contributed by atoms with van der Waals surface area (Å²) in [6.45, 7) is 0.369. The molecule has 2 atom stereocenters. The van der Waals surface area contributed by atoms with Crippen LogP contribution in [-0.2, 0) is 19.7 Å². The van der Waals surface area contributed by atoms with Crippen LogP contribution in [0.5, 0.6) is 17.2 Å². The van der Waals surface area contributed by atoms with E-state index in [4.69, 9.17) is 18.9 Å². The lowest BCUT2D eigenvalue weighted by molar-refractivity contribution is -0.141. The lowest BCUT2D eigenvalue weighted by Crippen LogP contribution is -2.36. The molecule has 0 fully saturated rings. The van der Waals surface area contributed by atoms with Crippen molar-refractivity contribution in [3.63, 3.8) is 0 Å². The Bertz CT molecular complexity index is 1200. The number of carbonyl (C=O) groups excluding carboxylic acids is 2. The van der Waals surface area contributed by atoms with Crippen molar-refractivity contribution in [2.45, 2.75) is 17.8 Å². The molecule has 32 heavy (non-hydrogen) atoms. The van der Waals surface area contributed by atoms with E-state index >= 15 is 0 Å². The minimum atomic E-state index is -1.21. The molecule has 5 rings (SSSR count). The van der Waals surface area contributed by atoms with Gasteiger partial charge in [-0.3, -0.25) is 4.79 Å². The molecule has 0 aliphatic carbocycles. The molecule has 0 N–H and O–H groups in total. The average Bonchev–Trinajstić information content (AvgIpc) is 3.35. The first-order valence-corrected chi connectivity index (χ1v) is 10.4. The summed E-state index contributed by atoms with van der Waals surface area (Å²) in [7, 11) is 2.96. The van der Waals surface area contributed by atoms with Crippen LogP contribution in [0.15, 0.2) is 66.7 Å². The Morgan fingerprint density at radius 3 is 2.50 bits per heavy atom. The number of rotatable bonds is 5. The summed E-state index contributed by atoms with van der Waals surface area (Å²) < 4.78 is 22.2. The van der Waals surface area contributed by atoms with Gasteiger partial charge in [0, 0.05) is 28.7 Å². The van der Waals surface area contributed by atoms with E-state index in [1.54, 1.807) is 13.2 Å². The third kappa shape index (κ3) is 2.87. The Labute approximate surface area is 185 Å². The van der Waals surface area contributed by atoms with Gasteiger partial charge < -0.3 is 18.9 Å². The molecule has 2 unspecified atom stereocenters. The molecule has 0 radical (unpaired) electrons. The molecule has 0 spiro atoms. The van der Waals surface area contributed by atoms with E-state index in [9.17, 15) is 9.59 Å². The van der Waals surface area contributed by atoms with E-state index in [-0.39, 0.29) is 18.3 Å². The molecule has 2 aliphatic rings. The van der Waals surface area contributed by atoms with Crippen LogP contribution in [0.1, 0.15) is 34.6 Å². The van der Waals surface area contributed by atoms with Crippen molar-refractivity contribution in [3.05, 3.63) is 89.0 Å². The molecule has 0 aromatic heterocycles. The van der Waals surface area contributed by atoms with Crippen LogP contribution < -0.4 is 14.2 Å². The Hall–Kier alpha value is -3.80. The molecule has 0 saturated heterocycles. The summed E-state index contributed by atoms with van der Waals surface area (Å²) in [4.78, 5) is 25.6. The summed E-state index contributed by atoms with van der Waals surface area (Å²) in [5.74, 6) is 0.778. The van der Waals surface area contributed by atoms with Gasteiger partial charge in [0.05, 0.1) is 27.2 Å². The van der Waals surface area contributed by atoms with Crippen LogP contribution >= 0.6 is 0 Å². The van der Waals surface area contributed by atoms with Crippen LogP contribution in [0.4, 0.5) is 0 Å². The predicted molar refractivity (Wildman–Crippen MR) is 116 cm³/mol. The van der Waals surface area contributed by atoms with E-state index in [0.29, 0.717) is 35.0 Å². The number of hydrogen-bond donors (Lipinski definition) is 0. The van der Waals surface area contributed by atoms with Crippen LogP contribution in [-0.4, -0.2) is 32.8 Å². The van der Waals surface area contributed by atoms with Gasteiger partial charge in [0.15, 0.2) is 5.41 Å². The van der Waals surface area contributed by atoms with Gasteiger partial charge in [-0.15, -0.1) is 0 Å². The summed E-state index contributed by atoms with van der Waals surface area (Å²) in [5, 5.41) is 0. The fraction of sp³-hybridized carbons (Fsp3) is 0.231. The topological polar surface area (TPSA) is 71.1 Å². The molecule has 2 aliphatic heterocycles. The lowest BCUT2D eigenvalue weighted by Gasteiger charge is -2.29. The number of fused-ring (bicyclic) bond motifs is 2. The van der Waals surface area contributed by atoms with E-state index in [1.807, 2.05) is 60.7 Å². The second-order valence-electron chi connectivity index (χ2n) is 7.88. The predicted octanol–water partition coefficient (Wildman–Crippen LogP) is 3.99. The number of hydrogen-bond acceptors (Lipinski definition) is 6. The maximum Gasteiger partial charge on any atom is 0.331 e. The van der Waals surface area contributed by atoms with Gasteiger partial charge >= 0.3 is 11.9 Å². The van der Waals surface area contributed by atoms with Gasteiger partial charge in [0.25, 0.3) is 0 Å². The number of benzene rings is 3. The van der Waals surface area contributed by atoms with Crippen molar-refractivity contribution in [2.24, 2.45) is 0 Å². The largest absolute Gasteiger partial charge is 0.496 e. The Morgan fingerprint density at radius 1 is 1.00 bits per heavy atom. The van der Waals surface area contributed by atoms with Gasteiger partial charge in [0.1, 0.15) is 17.2 Å². The van der Waals surface area contributed by atoms with E-state index in [0.717, 1.165) is 11.1 Å². The summed E-state index contributed by atoms with van der Waals surface area (Å²) >= 11 is 0. The standard InChI is InChI=1S/C26H22O6/c1-29-21-11-7-6-10-19(21)26(17-8-4-3-5-9-17)20-13-18-16(12-24(27)30-2)15-31-22(18)14-23(20)32-25(26)28/h3-11,13-14,16H,12,15H2,1-2H3. The van der Waals surface area contributed by atoms with Crippen molar-refractivity contribution in [2.75, 3.05) is 20.8 Å². The fourth-order valence-electron chi connectivity index (χ4n) is 4.75. The van der Waals surface area contributed by atoms with Crippen LogP contribution in [0.3, 0.4) is 0 Å². The van der Waals surface area contributed by atoms with Crippen LogP contribution in [0, 0.1) is 0 Å². The monoisotopic (exact) mass is 430 g/mol. The molecule has 0 saturated carbocycles. The maximum atomic E-state index is 13.7. The van der Waals surface area contributed by atoms with Gasteiger partial charge in [-0.05, 0) is 17.7 Å². The third-order valence-corrected chi connectivity index (χ3v) is 6.26. The zero-order valence-electron chi connectivity index (χ0n) is 17.8.